The second-order valence-electron chi connectivity index (χ2n) is 7.90. The fraction of sp³-hybridized carbons (Fsp3) is 0.0370. The monoisotopic (exact) mass is 430 g/mol. The molecule has 0 aliphatic carbocycles. The summed E-state index contributed by atoms with van der Waals surface area (Å²) in [5.41, 5.74) is 5.91. The second-order valence-corrected chi connectivity index (χ2v) is 7.90. The summed E-state index contributed by atoms with van der Waals surface area (Å²) in [4.78, 5) is 21.2. The molecule has 3 heterocycles. The van der Waals surface area contributed by atoms with E-state index < -0.39 is 0 Å². The van der Waals surface area contributed by atoms with Crippen molar-refractivity contribution in [1.82, 2.24) is 19.5 Å². The van der Waals surface area contributed by atoms with E-state index >= 15 is 0 Å². The zero-order valence-electron chi connectivity index (χ0n) is 17.9. The maximum absolute atomic E-state index is 12.9. The Kier molecular flexibility index (Phi) is 4.36. The molecule has 6 heteroatoms. The van der Waals surface area contributed by atoms with Crippen LogP contribution in [0.15, 0.2) is 97.1 Å². The number of carbonyl (C=O) groups is 1. The number of hydrogen-bond acceptors (Lipinski definition) is 3. The number of nitrogens with zero attached hydrogens (tertiary/aromatic N) is 4. The van der Waals surface area contributed by atoms with E-state index in [9.17, 15) is 4.79 Å². The Morgan fingerprint density at radius 1 is 0.818 bits per heavy atom. The first-order valence-electron chi connectivity index (χ1n) is 10.8. The summed E-state index contributed by atoms with van der Waals surface area (Å²) in [5.74, 6) is 1.08. The van der Waals surface area contributed by atoms with Crippen molar-refractivity contribution in [2.45, 2.75) is 6.92 Å². The highest BCUT2D eigenvalue weighted by atomic mass is 16.1. The standard InChI is InChI=1S/C27H19N5O/c1-18(33)25-24(21-15-9-4-10-16-21)29-26-30-32-23(20-13-7-3-8-14-20)17-22(28-27(32)31(25)26)19-11-5-2-6-12-19/h2-17H,1H3/p+1. The highest BCUT2D eigenvalue weighted by Crippen LogP contribution is 2.27. The van der Waals surface area contributed by atoms with Crippen LogP contribution < -0.4 is 4.52 Å². The molecular weight excluding hydrogens is 410 g/mol. The third-order valence-corrected chi connectivity index (χ3v) is 5.75. The van der Waals surface area contributed by atoms with Crippen molar-refractivity contribution in [2.24, 2.45) is 0 Å². The lowest BCUT2D eigenvalue weighted by Gasteiger charge is -2.03. The van der Waals surface area contributed by atoms with Crippen LogP contribution in [0.5, 0.6) is 0 Å². The minimum atomic E-state index is -0.0619. The summed E-state index contributed by atoms with van der Waals surface area (Å²) < 4.78 is 3.62. The molecule has 0 saturated carbocycles. The van der Waals surface area contributed by atoms with Crippen molar-refractivity contribution in [3.8, 4) is 33.8 Å². The third-order valence-electron chi connectivity index (χ3n) is 5.75. The van der Waals surface area contributed by atoms with Gasteiger partial charge < -0.3 is 4.98 Å². The van der Waals surface area contributed by atoms with E-state index in [1.807, 2.05) is 101 Å². The van der Waals surface area contributed by atoms with Crippen LogP contribution in [0.4, 0.5) is 0 Å². The Morgan fingerprint density at radius 2 is 1.39 bits per heavy atom. The molecule has 0 atom stereocenters. The molecule has 0 saturated heterocycles. The van der Waals surface area contributed by atoms with Crippen LogP contribution in [-0.2, 0) is 0 Å². The predicted octanol–water partition coefficient (Wildman–Crippen LogP) is 5.00. The number of hydrogen-bond donors (Lipinski definition) is 1. The lowest BCUT2D eigenvalue weighted by Crippen LogP contribution is -2.28. The lowest BCUT2D eigenvalue weighted by atomic mass is 10.1. The minimum Gasteiger partial charge on any atom is -0.306 e. The number of H-pyrrole nitrogens is 1. The summed E-state index contributed by atoms with van der Waals surface area (Å²) >= 11 is 0. The highest BCUT2D eigenvalue weighted by molar-refractivity contribution is 6.00. The van der Waals surface area contributed by atoms with E-state index in [0.717, 1.165) is 33.8 Å². The highest BCUT2D eigenvalue weighted by Gasteiger charge is 2.29. The smallest absolute Gasteiger partial charge is 0.306 e. The van der Waals surface area contributed by atoms with Crippen LogP contribution in [-0.4, -0.2) is 25.3 Å². The van der Waals surface area contributed by atoms with Gasteiger partial charge in [0.05, 0.1) is 5.69 Å². The number of aromatic nitrogens is 5. The fourth-order valence-corrected chi connectivity index (χ4v) is 4.25. The van der Waals surface area contributed by atoms with Gasteiger partial charge in [-0.05, 0) is 5.10 Å². The molecule has 33 heavy (non-hydrogen) atoms. The largest absolute Gasteiger partial charge is 0.432 e. The molecule has 0 unspecified atom stereocenters. The molecule has 158 valence electrons. The van der Waals surface area contributed by atoms with Crippen LogP contribution in [0.2, 0.25) is 0 Å². The van der Waals surface area contributed by atoms with Gasteiger partial charge in [0.1, 0.15) is 5.69 Å². The number of ketones is 1. The molecule has 0 spiro atoms. The Hall–Kier alpha value is -4.58. The molecule has 0 amide bonds. The molecule has 6 rings (SSSR count). The molecule has 0 radical (unpaired) electrons. The second kappa shape index (κ2) is 7.53. The maximum atomic E-state index is 12.9. The fourth-order valence-electron chi connectivity index (χ4n) is 4.25. The zero-order chi connectivity index (χ0) is 22.4. The van der Waals surface area contributed by atoms with Gasteiger partial charge in [0, 0.05) is 29.7 Å². The van der Waals surface area contributed by atoms with E-state index in [1.165, 1.54) is 0 Å². The number of carbonyl (C=O) groups excluding carboxylic acids is 1. The van der Waals surface area contributed by atoms with E-state index in [4.69, 9.17) is 10.1 Å². The topological polar surface area (TPSA) is 67.2 Å². The average Bonchev–Trinajstić information content (AvgIpc) is 3.41. The Labute approximate surface area is 189 Å². The maximum Gasteiger partial charge on any atom is 0.432 e. The summed E-state index contributed by atoms with van der Waals surface area (Å²) in [7, 11) is 0. The van der Waals surface area contributed by atoms with Gasteiger partial charge in [0.15, 0.2) is 17.2 Å². The van der Waals surface area contributed by atoms with Gasteiger partial charge in [-0.15, -0.1) is 0 Å². The number of Topliss-reactive ketones (excluding diaryl/α,β-unsaturated/α-hetero) is 1. The van der Waals surface area contributed by atoms with Crippen molar-refractivity contribution in [3.63, 3.8) is 0 Å². The van der Waals surface area contributed by atoms with Crippen molar-refractivity contribution in [3.05, 3.63) is 103 Å². The molecular formula is C27H20N5O+. The number of aromatic amines is 1. The van der Waals surface area contributed by atoms with E-state index in [0.29, 0.717) is 17.2 Å². The molecule has 0 fully saturated rings. The van der Waals surface area contributed by atoms with E-state index in [-0.39, 0.29) is 5.78 Å². The van der Waals surface area contributed by atoms with Crippen LogP contribution in [0.3, 0.4) is 0 Å². The molecule has 3 aromatic carbocycles. The van der Waals surface area contributed by atoms with Gasteiger partial charge in [0.2, 0.25) is 0 Å². The Morgan fingerprint density at radius 3 is 2.00 bits per heavy atom. The summed E-state index contributed by atoms with van der Waals surface area (Å²) in [5, 5.41) is 4.82. The summed E-state index contributed by atoms with van der Waals surface area (Å²) in [6, 6.07) is 32.0. The predicted molar refractivity (Wildman–Crippen MR) is 127 cm³/mol. The molecule has 0 bridgehead atoms. The lowest BCUT2D eigenvalue weighted by molar-refractivity contribution is -0.566. The van der Waals surface area contributed by atoms with Gasteiger partial charge in [-0.1, -0.05) is 100 Å². The first-order valence-corrected chi connectivity index (χ1v) is 10.8. The van der Waals surface area contributed by atoms with E-state index in [1.54, 1.807) is 11.4 Å². The molecule has 6 nitrogen and oxygen atoms in total. The van der Waals surface area contributed by atoms with Crippen LogP contribution in [0.1, 0.15) is 17.4 Å². The Balaban J connectivity index is 1.73. The number of rotatable bonds is 4. The quantitative estimate of drug-likeness (QED) is 0.316. The third kappa shape index (κ3) is 3.11. The summed E-state index contributed by atoms with van der Waals surface area (Å²) in [6.07, 6.45) is 0. The van der Waals surface area contributed by atoms with Crippen molar-refractivity contribution in [2.75, 3.05) is 0 Å². The molecule has 0 aliphatic heterocycles. The van der Waals surface area contributed by atoms with Crippen LogP contribution >= 0.6 is 0 Å². The van der Waals surface area contributed by atoms with Gasteiger partial charge in [-0.25, -0.2) is 0 Å². The number of fused-ring (bicyclic) bond motifs is 3. The minimum absolute atomic E-state index is 0.0619. The van der Waals surface area contributed by atoms with Crippen LogP contribution in [0, 0.1) is 0 Å². The Bertz CT molecular complexity index is 1620. The van der Waals surface area contributed by atoms with Gasteiger partial charge in [-0.2, -0.15) is 4.40 Å². The van der Waals surface area contributed by atoms with E-state index in [2.05, 4.69) is 4.98 Å². The van der Waals surface area contributed by atoms with Crippen molar-refractivity contribution < 1.29 is 9.31 Å². The zero-order valence-corrected chi connectivity index (χ0v) is 17.9. The van der Waals surface area contributed by atoms with Gasteiger partial charge in [0.25, 0.3) is 0 Å². The van der Waals surface area contributed by atoms with Crippen LogP contribution in [0.25, 0.3) is 45.3 Å². The molecule has 3 aromatic heterocycles. The SMILES string of the molecule is CC(=O)c1c(-c2ccccc2)[nH]c2n[n+]3c(-c4ccccc4)cc(-c4ccccc4)nc3n12. The number of nitrogens with one attached hydrogen (secondary N) is 1. The average molecular weight is 430 g/mol. The molecule has 0 aliphatic rings. The van der Waals surface area contributed by atoms with Crippen molar-refractivity contribution >= 4 is 17.3 Å². The normalized spacial score (nSPS) is 11.3. The summed E-state index contributed by atoms with van der Waals surface area (Å²) in [6.45, 7) is 1.57. The first-order chi connectivity index (χ1) is 16.2. The molecule has 1 N–H and O–H groups in total. The van der Waals surface area contributed by atoms with Crippen molar-refractivity contribution in [1.29, 1.82) is 0 Å². The number of benzene rings is 3. The number of imidazole rings is 1. The van der Waals surface area contributed by atoms with Gasteiger partial charge >= 0.3 is 11.6 Å². The first kappa shape index (κ1) is 19.1. The van der Waals surface area contributed by atoms with Gasteiger partial charge in [-0.3, -0.25) is 4.79 Å². The molecule has 6 aromatic rings.